The third-order valence-electron chi connectivity index (χ3n) is 2.98. The summed E-state index contributed by atoms with van der Waals surface area (Å²) in [6.07, 6.45) is 1.40. The van der Waals surface area contributed by atoms with Gasteiger partial charge >= 0.3 is 5.97 Å². The molecule has 110 valence electrons. The molecule has 0 aliphatic rings. The van der Waals surface area contributed by atoms with E-state index in [1.165, 1.54) is 10.9 Å². The number of aromatic nitrogens is 3. The molecule has 3 rings (SSSR count). The average Bonchev–Trinajstić information content (AvgIpc) is 2.97. The van der Waals surface area contributed by atoms with Crippen molar-refractivity contribution in [2.24, 2.45) is 0 Å². The quantitative estimate of drug-likeness (QED) is 0.783. The first-order chi connectivity index (χ1) is 10.7. The molecule has 0 radical (unpaired) electrons. The van der Waals surface area contributed by atoms with E-state index in [0.717, 1.165) is 11.3 Å². The maximum Gasteiger partial charge on any atom is 0.358 e. The number of ether oxygens (including phenoxy) is 1. The maximum atomic E-state index is 10.8. The summed E-state index contributed by atoms with van der Waals surface area (Å²) in [7, 11) is 0. The Labute approximate surface area is 126 Å². The van der Waals surface area contributed by atoms with Crippen molar-refractivity contribution < 1.29 is 14.6 Å². The van der Waals surface area contributed by atoms with E-state index in [9.17, 15) is 4.79 Å². The highest BCUT2D eigenvalue weighted by Crippen LogP contribution is 2.22. The van der Waals surface area contributed by atoms with E-state index >= 15 is 0 Å². The van der Waals surface area contributed by atoms with Crippen LogP contribution in [-0.4, -0.2) is 26.1 Å². The minimum atomic E-state index is -1.09. The van der Waals surface area contributed by atoms with Crippen molar-refractivity contribution in [3.8, 4) is 11.5 Å². The fourth-order valence-corrected chi connectivity index (χ4v) is 1.99. The van der Waals surface area contributed by atoms with Crippen molar-refractivity contribution >= 4 is 5.97 Å². The van der Waals surface area contributed by atoms with Crippen molar-refractivity contribution in [2.45, 2.75) is 6.54 Å². The topological polar surface area (TPSA) is 77.2 Å². The number of carboxylic acids is 1. The van der Waals surface area contributed by atoms with Crippen LogP contribution >= 0.6 is 0 Å². The van der Waals surface area contributed by atoms with E-state index in [1.807, 2.05) is 54.6 Å². The first kappa shape index (κ1) is 13.8. The van der Waals surface area contributed by atoms with Crippen molar-refractivity contribution in [2.75, 3.05) is 0 Å². The van der Waals surface area contributed by atoms with Crippen molar-refractivity contribution in [3.05, 3.63) is 72.1 Å². The lowest BCUT2D eigenvalue weighted by Gasteiger charge is -2.07. The van der Waals surface area contributed by atoms with Gasteiger partial charge in [-0.3, -0.25) is 0 Å². The highest BCUT2D eigenvalue weighted by Gasteiger charge is 2.08. The molecule has 0 atom stereocenters. The largest absolute Gasteiger partial charge is 0.476 e. The Bertz CT molecular complexity index is 784. The van der Waals surface area contributed by atoms with Crippen LogP contribution in [0.1, 0.15) is 16.1 Å². The lowest BCUT2D eigenvalue weighted by atomic mass is 10.2. The second-order valence-corrected chi connectivity index (χ2v) is 4.67. The van der Waals surface area contributed by atoms with Gasteiger partial charge in [0.1, 0.15) is 11.5 Å². The Morgan fingerprint density at radius 3 is 2.59 bits per heavy atom. The molecule has 1 aromatic heterocycles. The van der Waals surface area contributed by atoms with Crippen LogP contribution < -0.4 is 4.74 Å². The lowest BCUT2D eigenvalue weighted by Crippen LogP contribution is -2.00. The second kappa shape index (κ2) is 6.09. The molecule has 1 heterocycles. The van der Waals surface area contributed by atoms with Gasteiger partial charge in [-0.15, -0.1) is 5.10 Å². The monoisotopic (exact) mass is 295 g/mol. The molecule has 0 bridgehead atoms. The van der Waals surface area contributed by atoms with E-state index in [1.54, 1.807) is 0 Å². The van der Waals surface area contributed by atoms with Crippen LogP contribution in [-0.2, 0) is 6.54 Å². The maximum absolute atomic E-state index is 10.8. The number of carbonyl (C=O) groups is 1. The van der Waals surface area contributed by atoms with Crippen LogP contribution in [0.4, 0.5) is 0 Å². The first-order valence-electron chi connectivity index (χ1n) is 6.66. The summed E-state index contributed by atoms with van der Waals surface area (Å²) < 4.78 is 7.24. The van der Waals surface area contributed by atoms with Crippen LogP contribution in [0.25, 0.3) is 0 Å². The van der Waals surface area contributed by atoms with Gasteiger partial charge in [0.05, 0.1) is 12.7 Å². The van der Waals surface area contributed by atoms with Gasteiger partial charge in [0, 0.05) is 0 Å². The molecule has 0 spiro atoms. The Hall–Kier alpha value is -3.15. The highest BCUT2D eigenvalue weighted by molar-refractivity contribution is 5.84. The highest BCUT2D eigenvalue weighted by atomic mass is 16.5. The average molecular weight is 295 g/mol. The normalized spacial score (nSPS) is 10.4. The van der Waals surface area contributed by atoms with Gasteiger partial charge in [0.2, 0.25) is 0 Å². The number of carboxylic acid groups (broad SMARTS) is 1. The summed E-state index contributed by atoms with van der Waals surface area (Å²) >= 11 is 0. The van der Waals surface area contributed by atoms with E-state index in [2.05, 4.69) is 10.3 Å². The molecule has 6 heteroatoms. The Balaban J connectivity index is 1.74. The lowest BCUT2D eigenvalue weighted by molar-refractivity contribution is 0.0690. The summed E-state index contributed by atoms with van der Waals surface area (Å²) in [5, 5.41) is 16.2. The van der Waals surface area contributed by atoms with Gasteiger partial charge in [0.25, 0.3) is 0 Å². The number of rotatable bonds is 5. The SMILES string of the molecule is O=C(O)c1cn(Cc2cccc(Oc3ccccc3)c2)nn1. The minimum absolute atomic E-state index is 0.0725. The summed E-state index contributed by atoms with van der Waals surface area (Å²) in [4.78, 5) is 10.8. The van der Waals surface area contributed by atoms with Gasteiger partial charge in [-0.2, -0.15) is 0 Å². The summed E-state index contributed by atoms with van der Waals surface area (Å²) in [5.74, 6) is 0.378. The molecular formula is C16H13N3O3. The standard InChI is InChI=1S/C16H13N3O3/c20-16(21)15-11-19(18-17-15)10-12-5-4-8-14(9-12)22-13-6-2-1-3-7-13/h1-9,11H,10H2,(H,20,21). The third-order valence-corrected chi connectivity index (χ3v) is 2.98. The molecule has 3 aromatic rings. The van der Waals surface area contributed by atoms with Crippen LogP contribution in [0.3, 0.4) is 0 Å². The molecule has 0 amide bonds. The van der Waals surface area contributed by atoms with Gasteiger partial charge in [0.15, 0.2) is 5.69 Å². The number of aromatic carboxylic acids is 1. The molecule has 0 saturated carbocycles. The van der Waals surface area contributed by atoms with Crippen LogP contribution in [0, 0.1) is 0 Å². The number of hydrogen-bond acceptors (Lipinski definition) is 4. The summed E-state index contributed by atoms with van der Waals surface area (Å²) in [5.41, 5.74) is 0.868. The molecule has 0 unspecified atom stereocenters. The second-order valence-electron chi connectivity index (χ2n) is 4.67. The van der Waals surface area contributed by atoms with E-state index in [4.69, 9.17) is 9.84 Å². The number of nitrogens with zero attached hydrogens (tertiary/aromatic N) is 3. The molecule has 0 fully saturated rings. The Morgan fingerprint density at radius 2 is 1.86 bits per heavy atom. The zero-order valence-corrected chi connectivity index (χ0v) is 11.6. The number of hydrogen-bond donors (Lipinski definition) is 1. The molecule has 22 heavy (non-hydrogen) atoms. The smallest absolute Gasteiger partial charge is 0.358 e. The van der Waals surface area contributed by atoms with Crippen LogP contribution in [0.2, 0.25) is 0 Å². The molecule has 6 nitrogen and oxygen atoms in total. The van der Waals surface area contributed by atoms with Gasteiger partial charge < -0.3 is 9.84 Å². The molecule has 0 aliphatic heterocycles. The fraction of sp³-hybridized carbons (Fsp3) is 0.0625. The van der Waals surface area contributed by atoms with Crippen LogP contribution in [0.15, 0.2) is 60.8 Å². The minimum Gasteiger partial charge on any atom is -0.476 e. The predicted octanol–water partition coefficient (Wildman–Crippen LogP) is 2.82. The van der Waals surface area contributed by atoms with Crippen LogP contribution in [0.5, 0.6) is 11.5 Å². The molecular weight excluding hydrogens is 282 g/mol. The van der Waals surface area contributed by atoms with Crippen molar-refractivity contribution in [1.82, 2.24) is 15.0 Å². The number of benzene rings is 2. The Morgan fingerprint density at radius 1 is 1.09 bits per heavy atom. The predicted molar refractivity (Wildman–Crippen MR) is 79.0 cm³/mol. The molecule has 1 N–H and O–H groups in total. The van der Waals surface area contributed by atoms with Crippen molar-refractivity contribution in [1.29, 1.82) is 0 Å². The molecule has 0 saturated heterocycles. The fourth-order valence-electron chi connectivity index (χ4n) is 1.99. The van der Waals surface area contributed by atoms with E-state index in [-0.39, 0.29) is 5.69 Å². The number of para-hydroxylation sites is 1. The van der Waals surface area contributed by atoms with E-state index in [0.29, 0.717) is 12.3 Å². The van der Waals surface area contributed by atoms with E-state index < -0.39 is 5.97 Å². The zero-order valence-electron chi connectivity index (χ0n) is 11.6. The Kier molecular flexibility index (Phi) is 3.82. The van der Waals surface area contributed by atoms with Gasteiger partial charge in [-0.05, 0) is 29.8 Å². The molecule has 2 aromatic carbocycles. The van der Waals surface area contributed by atoms with Crippen molar-refractivity contribution in [3.63, 3.8) is 0 Å². The zero-order chi connectivity index (χ0) is 15.4. The first-order valence-corrected chi connectivity index (χ1v) is 6.66. The summed E-state index contributed by atoms with van der Waals surface area (Å²) in [6, 6.07) is 17.0. The van der Waals surface area contributed by atoms with Gasteiger partial charge in [-0.1, -0.05) is 35.5 Å². The third kappa shape index (κ3) is 3.29. The summed E-state index contributed by atoms with van der Waals surface area (Å²) in [6.45, 7) is 0.423. The van der Waals surface area contributed by atoms with Gasteiger partial charge in [-0.25, -0.2) is 9.48 Å². The molecule has 0 aliphatic carbocycles.